The molecule has 0 atom stereocenters. The normalized spacial score (nSPS) is 14.1. The third-order valence-electron chi connectivity index (χ3n) is 5.98. The maximum atomic E-state index is 13.1. The van der Waals surface area contributed by atoms with Crippen molar-refractivity contribution in [3.63, 3.8) is 0 Å². The molecule has 3 aromatic rings. The Bertz CT molecular complexity index is 1210. The first-order valence-corrected chi connectivity index (χ1v) is 11.3. The van der Waals surface area contributed by atoms with E-state index in [0.717, 1.165) is 17.5 Å². The number of amides is 2. The van der Waals surface area contributed by atoms with E-state index in [-0.39, 0.29) is 17.9 Å². The zero-order chi connectivity index (χ0) is 23.7. The number of hydrogen-bond acceptors (Lipinski definition) is 5. The Morgan fingerprint density at radius 2 is 1.82 bits per heavy atom. The highest BCUT2D eigenvalue weighted by Crippen LogP contribution is 2.34. The Morgan fingerprint density at radius 3 is 2.45 bits per heavy atom. The highest BCUT2D eigenvalue weighted by Gasteiger charge is 2.26. The van der Waals surface area contributed by atoms with Gasteiger partial charge in [0.15, 0.2) is 0 Å². The van der Waals surface area contributed by atoms with Crippen LogP contribution in [0, 0.1) is 6.92 Å². The first kappa shape index (κ1) is 22.9. The van der Waals surface area contributed by atoms with Crippen LogP contribution < -0.4 is 0 Å². The zero-order valence-corrected chi connectivity index (χ0v) is 19.7. The Morgan fingerprint density at radius 1 is 1.12 bits per heavy atom. The third-order valence-corrected chi connectivity index (χ3v) is 6.29. The van der Waals surface area contributed by atoms with Crippen molar-refractivity contribution in [1.29, 1.82) is 0 Å². The van der Waals surface area contributed by atoms with Crippen molar-refractivity contribution in [2.45, 2.75) is 20.3 Å². The van der Waals surface area contributed by atoms with Gasteiger partial charge in [-0.15, -0.1) is 0 Å². The topological polar surface area (TPSA) is 87.9 Å². The van der Waals surface area contributed by atoms with Gasteiger partial charge >= 0.3 is 6.09 Å². The van der Waals surface area contributed by atoms with Gasteiger partial charge in [0.1, 0.15) is 0 Å². The number of halogens is 1. The van der Waals surface area contributed by atoms with Gasteiger partial charge < -0.3 is 24.2 Å². The molecule has 3 heterocycles. The van der Waals surface area contributed by atoms with Crippen LogP contribution in [-0.2, 0) is 11.8 Å². The summed E-state index contributed by atoms with van der Waals surface area (Å²) in [6.45, 7) is 5.97. The first-order chi connectivity index (χ1) is 15.8. The predicted octanol–water partition coefficient (Wildman–Crippen LogP) is 4.21. The molecule has 0 aliphatic carbocycles. The summed E-state index contributed by atoms with van der Waals surface area (Å²) < 4.78 is 6.85. The highest BCUT2D eigenvalue weighted by molar-refractivity contribution is 6.35. The summed E-state index contributed by atoms with van der Waals surface area (Å²) in [5.74, 6) is -0.0156. The van der Waals surface area contributed by atoms with E-state index in [4.69, 9.17) is 16.3 Å². The summed E-state index contributed by atoms with van der Waals surface area (Å²) in [6, 6.07) is 8.82. The number of hydrogen-bond donors (Lipinski definition) is 1. The Hall–Kier alpha value is -3.26. The lowest BCUT2D eigenvalue weighted by molar-refractivity contribution is 0.0560. The summed E-state index contributed by atoms with van der Waals surface area (Å²) in [4.78, 5) is 33.2. The highest BCUT2D eigenvalue weighted by atomic mass is 35.5. The fraction of sp³-hybridized carbons (Fsp3) is 0.375. The van der Waals surface area contributed by atoms with Crippen LogP contribution in [0.25, 0.3) is 22.2 Å². The molecule has 1 aliphatic rings. The number of piperazine rings is 1. The second-order valence-corrected chi connectivity index (χ2v) is 8.60. The SMILES string of the molecule is CCCOC(=O)N1CCN(C(=O)c2ccc3c(Cl)cc(-c4cc(C)n(C)c4O)nc3c2)CC1. The molecule has 0 spiro atoms. The number of aromatic hydroxyl groups is 1. The quantitative estimate of drug-likeness (QED) is 0.617. The molecule has 2 aromatic heterocycles. The lowest BCUT2D eigenvalue weighted by atomic mass is 10.1. The van der Waals surface area contributed by atoms with Crippen LogP contribution in [0.2, 0.25) is 5.02 Å². The van der Waals surface area contributed by atoms with Crippen molar-refractivity contribution in [2.24, 2.45) is 7.05 Å². The van der Waals surface area contributed by atoms with E-state index in [1.54, 1.807) is 45.7 Å². The zero-order valence-electron chi connectivity index (χ0n) is 19.0. The van der Waals surface area contributed by atoms with E-state index < -0.39 is 0 Å². The Balaban J connectivity index is 1.56. The molecule has 1 saturated heterocycles. The monoisotopic (exact) mass is 470 g/mol. The number of fused-ring (bicyclic) bond motifs is 1. The summed E-state index contributed by atoms with van der Waals surface area (Å²) in [5, 5.41) is 11.7. The molecule has 0 saturated carbocycles. The minimum Gasteiger partial charge on any atom is -0.494 e. The molecule has 1 aliphatic heterocycles. The van der Waals surface area contributed by atoms with Gasteiger partial charge in [-0.05, 0) is 37.6 Å². The van der Waals surface area contributed by atoms with Crippen molar-refractivity contribution in [1.82, 2.24) is 19.4 Å². The van der Waals surface area contributed by atoms with Crippen molar-refractivity contribution >= 4 is 34.5 Å². The number of rotatable bonds is 4. The van der Waals surface area contributed by atoms with Crippen molar-refractivity contribution in [2.75, 3.05) is 32.8 Å². The number of benzene rings is 1. The molecule has 1 fully saturated rings. The van der Waals surface area contributed by atoms with E-state index in [2.05, 4.69) is 4.98 Å². The molecule has 9 heteroatoms. The molecular formula is C24H27ClN4O4. The van der Waals surface area contributed by atoms with Crippen molar-refractivity contribution in [3.8, 4) is 17.1 Å². The molecule has 1 N–H and O–H groups in total. The van der Waals surface area contributed by atoms with Gasteiger partial charge in [-0.3, -0.25) is 4.79 Å². The van der Waals surface area contributed by atoms with Crippen LogP contribution in [0.3, 0.4) is 0 Å². The molecule has 1 aromatic carbocycles. The number of nitrogens with zero attached hydrogens (tertiary/aromatic N) is 4. The van der Waals surface area contributed by atoms with Crippen molar-refractivity contribution < 1.29 is 19.4 Å². The van der Waals surface area contributed by atoms with E-state index in [0.29, 0.717) is 60.1 Å². The summed E-state index contributed by atoms with van der Waals surface area (Å²) in [5.41, 5.74) is 3.09. The molecule has 174 valence electrons. The van der Waals surface area contributed by atoms with E-state index in [9.17, 15) is 14.7 Å². The van der Waals surface area contributed by atoms with Crippen molar-refractivity contribution in [3.05, 3.63) is 46.6 Å². The molecule has 0 radical (unpaired) electrons. The van der Waals surface area contributed by atoms with Gasteiger partial charge in [0, 0.05) is 49.9 Å². The fourth-order valence-corrected chi connectivity index (χ4v) is 4.18. The lowest BCUT2D eigenvalue weighted by Crippen LogP contribution is -2.50. The van der Waals surface area contributed by atoms with Crippen LogP contribution in [-0.4, -0.2) is 69.2 Å². The average Bonchev–Trinajstić information content (AvgIpc) is 3.09. The molecule has 8 nitrogen and oxygen atoms in total. The van der Waals surface area contributed by atoms with E-state index in [1.807, 2.05) is 19.9 Å². The summed E-state index contributed by atoms with van der Waals surface area (Å²) >= 11 is 6.50. The van der Waals surface area contributed by atoms with Gasteiger partial charge in [0.05, 0.1) is 28.4 Å². The Labute approximate surface area is 197 Å². The maximum Gasteiger partial charge on any atom is 0.409 e. The van der Waals surface area contributed by atoms with Crippen LogP contribution >= 0.6 is 11.6 Å². The van der Waals surface area contributed by atoms with Gasteiger partial charge in [-0.1, -0.05) is 24.6 Å². The minimum atomic E-state index is -0.333. The fourth-order valence-electron chi connectivity index (χ4n) is 3.92. The van der Waals surface area contributed by atoms with Gasteiger partial charge in [-0.2, -0.15) is 0 Å². The smallest absolute Gasteiger partial charge is 0.409 e. The molecule has 2 amide bonds. The lowest BCUT2D eigenvalue weighted by Gasteiger charge is -2.34. The minimum absolute atomic E-state index is 0.109. The predicted molar refractivity (Wildman–Crippen MR) is 127 cm³/mol. The first-order valence-electron chi connectivity index (χ1n) is 11.0. The van der Waals surface area contributed by atoms with Crippen LogP contribution in [0.5, 0.6) is 5.88 Å². The van der Waals surface area contributed by atoms with Gasteiger partial charge in [0.25, 0.3) is 5.91 Å². The molecule has 0 unspecified atom stereocenters. The van der Waals surface area contributed by atoms with E-state index >= 15 is 0 Å². The number of pyridine rings is 1. The second-order valence-electron chi connectivity index (χ2n) is 8.20. The average molecular weight is 471 g/mol. The van der Waals surface area contributed by atoms with Crippen LogP contribution in [0.4, 0.5) is 4.79 Å². The third kappa shape index (κ3) is 4.48. The number of carbonyl (C=O) groups excluding carboxylic acids is 2. The summed E-state index contributed by atoms with van der Waals surface area (Å²) in [6.07, 6.45) is 0.440. The van der Waals surface area contributed by atoms with Crippen LogP contribution in [0.1, 0.15) is 29.4 Å². The van der Waals surface area contributed by atoms with Gasteiger partial charge in [0.2, 0.25) is 5.88 Å². The molecule has 33 heavy (non-hydrogen) atoms. The largest absolute Gasteiger partial charge is 0.494 e. The standard InChI is InChI=1S/C24H27ClN4O4/c1-4-11-33-24(32)29-9-7-28(8-10-29)22(30)16-5-6-17-19(25)14-21(26-20(17)13-16)18-12-15(2)27(3)23(18)31/h5-6,12-14,31H,4,7-11H2,1-3H3. The number of ether oxygens (including phenoxy) is 1. The van der Waals surface area contributed by atoms with E-state index in [1.165, 1.54) is 0 Å². The van der Waals surface area contributed by atoms with Gasteiger partial charge in [-0.25, -0.2) is 9.78 Å². The molecule has 4 rings (SSSR count). The number of aryl methyl sites for hydroxylation is 1. The molecular weight excluding hydrogens is 444 g/mol. The Kier molecular flexibility index (Phi) is 6.47. The molecule has 0 bridgehead atoms. The summed E-state index contributed by atoms with van der Waals surface area (Å²) in [7, 11) is 1.77. The maximum absolute atomic E-state index is 13.1. The number of carbonyl (C=O) groups is 2. The number of aromatic nitrogens is 2. The van der Waals surface area contributed by atoms with Crippen LogP contribution in [0.15, 0.2) is 30.3 Å². The second kappa shape index (κ2) is 9.31.